The molecule has 18 heavy (non-hydrogen) atoms. The molecule has 2 rings (SSSR count). The van der Waals surface area contributed by atoms with Crippen molar-refractivity contribution < 1.29 is 4.74 Å². The highest BCUT2D eigenvalue weighted by Gasteiger charge is 2.38. The van der Waals surface area contributed by atoms with Crippen LogP contribution in [0.5, 0.6) is 0 Å². The van der Waals surface area contributed by atoms with Crippen LogP contribution in [0.1, 0.15) is 40.0 Å². The molecule has 1 aliphatic carbocycles. The van der Waals surface area contributed by atoms with Crippen LogP contribution in [-0.4, -0.2) is 50.3 Å². The van der Waals surface area contributed by atoms with E-state index in [0.717, 1.165) is 32.2 Å². The van der Waals surface area contributed by atoms with Crippen LogP contribution >= 0.6 is 0 Å². The van der Waals surface area contributed by atoms with E-state index in [0.29, 0.717) is 11.5 Å². The third-order valence-corrected chi connectivity index (χ3v) is 4.39. The molecule has 0 bridgehead atoms. The number of nitrogens with zero attached hydrogens (tertiary/aromatic N) is 1. The lowest BCUT2D eigenvalue weighted by Crippen LogP contribution is -2.47. The first-order valence-corrected chi connectivity index (χ1v) is 7.68. The number of ether oxygens (including phenoxy) is 1. The van der Waals surface area contributed by atoms with E-state index in [1.165, 1.54) is 32.4 Å². The van der Waals surface area contributed by atoms with Gasteiger partial charge in [0.25, 0.3) is 0 Å². The summed E-state index contributed by atoms with van der Waals surface area (Å²) in [5.41, 5.74) is 0.356. The summed E-state index contributed by atoms with van der Waals surface area (Å²) >= 11 is 0. The van der Waals surface area contributed by atoms with Crippen LogP contribution in [0, 0.1) is 11.3 Å². The predicted molar refractivity (Wildman–Crippen MR) is 75.8 cm³/mol. The fourth-order valence-corrected chi connectivity index (χ4v) is 2.88. The Morgan fingerprint density at radius 1 is 1.39 bits per heavy atom. The topological polar surface area (TPSA) is 24.5 Å². The van der Waals surface area contributed by atoms with Crippen molar-refractivity contribution in [3.05, 3.63) is 0 Å². The van der Waals surface area contributed by atoms with Crippen molar-refractivity contribution in [2.24, 2.45) is 11.3 Å². The van der Waals surface area contributed by atoms with E-state index < -0.39 is 0 Å². The fraction of sp³-hybridized carbons (Fsp3) is 1.00. The molecule has 0 spiro atoms. The molecule has 1 saturated carbocycles. The molecule has 3 heteroatoms. The van der Waals surface area contributed by atoms with Crippen LogP contribution < -0.4 is 5.32 Å². The summed E-state index contributed by atoms with van der Waals surface area (Å²) in [5, 5.41) is 3.54. The van der Waals surface area contributed by atoms with Crippen LogP contribution in [0.15, 0.2) is 0 Å². The van der Waals surface area contributed by atoms with Crippen molar-refractivity contribution in [2.45, 2.75) is 46.1 Å². The van der Waals surface area contributed by atoms with Gasteiger partial charge in [-0.05, 0) is 45.6 Å². The number of hydrogen-bond donors (Lipinski definition) is 1. The maximum atomic E-state index is 5.69. The molecule has 1 unspecified atom stereocenters. The van der Waals surface area contributed by atoms with E-state index in [1.54, 1.807) is 0 Å². The number of hydrogen-bond acceptors (Lipinski definition) is 3. The van der Waals surface area contributed by atoms with E-state index in [4.69, 9.17) is 4.74 Å². The lowest BCUT2D eigenvalue weighted by molar-refractivity contribution is 0.0902. The highest BCUT2D eigenvalue weighted by atomic mass is 16.5. The summed E-state index contributed by atoms with van der Waals surface area (Å²) in [6.07, 6.45) is 4.10. The average molecular weight is 254 g/mol. The van der Waals surface area contributed by atoms with Gasteiger partial charge < -0.3 is 10.1 Å². The first-order valence-electron chi connectivity index (χ1n) is 7.68. The molecule has 0 aromatic rings. The average Bonchev–Trinajstić information content (AvgIpc) is 3.04. The van der Waals surface area contributed by atoms with Crippen LogP contribution in [-0.2, 0) is 4.74 Å². The van der Waals surface area contributed by atoms with Crippen molar-refractivity contribution in [2.75, 3.05) is 39.4 Å². The van der Waals surface area contributed by atoms with Gasteiger partial charge in [-0.2, -0.15) is 0 Å². The second kappa shape index (κ2) is 6.36. The van der Waals surface area contributed by atoms with Gasteiger partial charge in [-0.3, -0.25) is 4.90 Å². The Morgan fingerprint density at radius 2 is 2.17 bits per heavy atom. The van der Waals surface area contributed by atoms with E-state index >= 15 is 0 Å². The van der Waals surface area contributed by atoms with Crippen molar-refractivity contribution in [3.8, 4) is 0 Å². The maximum Gasteiger partial charge on any atom is 0.0547 e. The molecule has 3 nitrogen and oxygen atoms in total. The van der Waals surface area contributed by atoms with Gasteiger partial charge in [0.1, 0.15) is 0 Å². The molecule has 1 aliphatic heterocycles. The summed E-state index contributed by atoms with van der Waals surface area (Å²) in [7, 11) is 0. The summed E-state index contributed by atoms with van der Waals surface area (Å²) in [6, 6.07) is 0.657. The molecule has 2 fully saturated rings. The van der Waals surface area contributed by atoms with E-state index in [9.17, 15) is 0 Å². The van der Waals surface area contributed by atoms with Crippen molar-refractivity contribution in [1.29, 1.82) is 0 Å². The molecular weight excluding hydrogens is 224 g/mol. The highest BCUT2D eigenvalue weighted by molar-refractivity contribution is 4.90. The molecule has 2 aliphatic rings. The molecule has 0 aromatic heterocycles. The molecule has 1 N–H and O–H groups in total. The Kier molecular flexibility index (Phi) is 5.05. The van der Waals surface area contributed by atoms with Crippen molar-refractivity contribution >= 4 is 0 Å². The summed E-state index contributed by atoms with van der Waals surface area (Å²) < 4.78 is 5.69. The third-order valence-electron chi connectivity index (χ3n) is 4.39. The Morgan fingerprint density at radius 3 is 2.67 bits per heavy atom. The summed E-state index contributed by atoms with van der Waals surface area (Å²) in [6.45, 7) is 13.4. The smallest absolute Gasteiger partial charge is 0.0547 e. The monoisotopic (exact) mass is 254 g/mol. The number of rotatable bonds is 8. The molecule has 1 saturated heterocycles. The minimum Gasteiger partial charge on any atom is -0.381 e. The maximum absolute atomic E-state index is 5.69. The van der Waals surface area contributed by atoms with E-state index in [-0.39, 0.29) is 0 Å². The van der Waals surface area contributed by atoms with Crippen LogP contribution in [0.2, 0.25) is 0 Å². The molecule has 106 valence electrons. The van der Waals surface area contributed by atoms with E-state index in [1.807, 2.05) is 0 Å². The van der Waals surface area contributed by atoms with Crippen molar-refractivity contribution in [3.63, 3.8) is 0 Å². The van der Waals surface area contributed by atoms with Gasteiger partial charge in [-0.25, -0.2) is 0 Å². The molecule has 0 radical (unpaired) electrons. The minimum absolute atomic E-state index is 0.356. The van der Waals surface area contributed by atoms with Gasteiger partial charge in [0.05, 0.1) is 6.61 Å². The first-order chi connectivity index (χ1) is 8.65. The second-order valence-corrected chi connectivity index (χ2v) is 6.55. The standard InChI is InChI=1S/C15H30N2O/c1-4-16-10-15(7-8-18-12-15)11-17(13(2)3)9-14-5-6-14/h13-14,16H,4-12H2,1-3H3. The molecule has 1 atom stereocenters. The predicted octanol–water partition coefficient (Wildman–Crippen LogP) is 2.12. The van der Waals surface area contributed by atoms with Gasteiger partial charge >= 0.3 is 0 Å². The Bertz CT molecular complexity index is 245. The van der Waals surface area contributed by atoms with Gasteiger partial charge in [0, 0.05) is 37.7 Å². The molecule has 0 aromatic carbocycles. The summed E-state index contributed by atoms with van der Waals surface area (Å²) in [4.78, 5) is 2.68. The molecule has 1 heterocycles. The normalized spacial score (nSPS) is 28.5. The minimum atomic E-state index is 0.356. The van der Waals surface area contributed by atoms with Crippen LogP contribution in [0.25, 0.3) is 0 Å². The first kappa shape index (κ1) is 14.3. The van der Waals surface area contributed by atoms with Gasteiger partial charge in [-0.15, -0.1) is 0 Å². The van der Waals surface area contributed by atoms with Crippen LogP contribution in [0.3, 0.4) is 0 Å². The highest BCUT2D eigenvalue weighted by Crippen LogP contribution is 2.34. The van der Waals surface area contributed by atoms with Crippen LogP contribution in [0.4, 0.5) is 0 Å². The van der Waals surface area contributed by atoms with Gasteiger partial charge in [0.2, 0.25) is 0 Å². The van der Waals surface area contributed by atoms with E-state index in [2.05, 4.69) is 31.0 Å². The summed E-state index contributed by atoms with van der Waals surface area (Å²) in [5.74, 6) is 0.978. The largest absolute Gasteiger partial charge is 0.381 e. The zero-order chi connectivity index (χ0) is 13.0. The van der Waals surface area contributed by atoms with Gasteiger partial charge in [-0.1, -0.05) is 6.92 Å². The number of nitrogens with one attached hydrogen (secondary N) is 1. The third kappa shape index (κ3) is 3.94. The zero-order valence-corrected chi connectivity index (χ0v) is 12.4. The van der Waals surface area contributed by atoms with Gasteiger partial charge in [0.15, 0.2) is 0 Å². The Hall–Kier alpha value is -0.120. The Balaban J connectivity index is 1.91. The quantitative estimate of drug-likeness (QED) is 0.718. The second-order valence-electron chi connectivity index (χ2n) is 6.55. The lowest BCUT2D eigenvalue weighted by Gasteiger charge is -2.37. The van der Waals surface area contributed by atoms with Crippen molar-refractivity contribution in [1.82, 2.24) is 10.2 Å². The molecular formula is C15H30N2O. The zero-order valence-electron chi connectivity index (χ0n) is 12.4. The SMILES string of the molecule is CCNCC1(CN(CC2CC2)C(C)C)CCOC1. The lowest BCUT2D eigenvalue weighted by atomic mass is 9.86. The molecule has 0 amide bonds. The Labute approximate surface area is 112 Å². The fourth-order valence-electron chi connectivity index (χ4n) is 2.88.